The van der Waals surface area contributed by atoms with Crippen molar-refractivity contribution in [3.8, 4) is 17.2 Å². The summed E-state index contributed by atoms with van der Waals surface area (Å²) in [5, 5.41) is 9.19. The Morgan fingerprint density at radius 2 is 1.61 bits per heavy atom. The van der Waals surface area contributed by atoms with Crippen molar-refractivity contribution in [1.82, 2.24) is 10.3 Å². The highest BCUT2D eigenvalue weighted by Gasteiger charge is 2.19. The second-order valence-electron chi connectivity index (χ2n) is 7.51. The summed E-state index contributed by atoms with van der Waals surface area (Å²) in [4.78, 5) is 29.2. The number of hydrogen-bond donors (Lipinski definition) is 3. The zero-order valence-corrected chi connectivity index (χ0v) is 22.4. The van der Waals surface area contributed by atoms with Crippen LogP contribution in [0.3, 0.4) is 0 Å². The summed E-state index contributed by atoms with van der Waals surface area (Å²) in [6, 6.07) is 8.69. The lowest BCUT2D eigenvalue weighted by atomic mass is 10.1. The molecule has 0 radical (unpaired) electrons. The Labute approximate surface area is 219 Å². The summed E-state index contributed by atoms with van der Waals surface area (Å²) in [6.45, 7) is 8.75. The first-order chi connectivity index (χ1) is 17.4. The van der Waals surface area contributed by atoms with Gasteiger partial charge in [0.15, 0.2) is 21.7 Å². The monoisotopic (exact) mass is 530 g/mol. The maximum absolute atomic E-state index is 13.0. The smallest absolute Gasteiger partial charge is 0.257 e. The molecule has 0 saturated heterocycles. The highest BCUT2D eigenvalue weighted by molar-refractivity contribution is 7.80. The van der Waals surface area contributed by atoms with Crippen LogP contribution in [-0.2, 0) is 4.79 Å². The second kappa shape index (κ2) is 13.0. The highest BCUT2D eigenvalue weighted by atomic mass is 32.1. The predicted octanol–water partition coefficient (Wildman–Crippen LogP) is 5.36. The second-order valence-corrected chi connectivity index (χ2v) is 8.95. The van der Waals surface area contributed by atoms with Gasteiger partial charge in [0.2, 0.25) is 11.7 Å². The highest BCUT2D eigenvalue weighted by Crippen LogP contribution is 2.39. The third-order valence-corrected chi connectivity index (χ3v) is 5.91. The number of thiocarbonyl (C=S) groups is 1. The van der Waals surface area contributed by atoms with Crippen molar-refractivity contribution in [3.63, 3.8) is 0 Å². The van der Waals surface area contributed by atoms with Gasteiger partial charge in [-0.3, -0.25) is 14.9 Å². The number of anilines is 2. The first kappa shape index (κ1) is 27.2. The van der Waals surface area contributed by atoms with Crippen molar-refractivity contribution >= 4 is 61.5 Å². The molecule has 1 aromatic heterocycles. The van der Waals surface area contributed by atoms with E-state index >= 15 is 0 Å². The fourth-order valence-corrected chi connectivity index (χ4v) is 4.45. The number of rotatable bonds is 11. The van der Waals surface area contributed by atoms with Crippen molar-refractivity contribution in [3.05, 3.63) is 35.9 Å². The molecular formula is C25H30N4O5S2. The number of carbonyl (C=O) groups excluding carboxylic acids is 2. The molecule has 192 valence electrons. The maximum atomic E-state index is 13.0. The molecule has 0 unspecified atom stereocenters. The van der Waals surface area contributed by atoms with Crippen LogP contribution < -0.4 is 30.2 Å². The van der Waals surface area contributed by atoms with Gasteiger partial charge >= 0.3 is 0 Å². The third-order valence-electron chi connectivity index (χ3n) is 4.77. The zero-order chi connectivity index (χ0) is 26.1. The van der Waals surface area contributed by atoms with Gasteiger partial charge in [-0.15, -0.1) is 0 Å². The van der Waals surface area contributed by atoms with Gasteiger partial charge in [0, 0.05) is 17.7 Å². The molecule has 2 amide bonds. The number of amides is 2. The van der Waals surface area contributed by atoms with E-state index in [-0.39, 0.29) is 11.0 Å². The predicted molar refractivity (Wildman–Crippen MR) is 147 cm³/mol. The Hall–Kier alpha value is -3.44. The van der Waals surface area contributed by atoms with E-state index in [2.05, 4.69) is 20.9 Å². The molecule has 0 atom stereocenters. The van der Waals surface area contributed by atoms with Crippen LogP contribution in [-0.4, -0.2) is 41.7 Å². The van der Waals surface area contributed by atoms with Crippen LogP contribution in [0.4, 0.5) is 10.8 Å². The summed E-state index contributed by atoms with van der Waals surface area (Å²) < 4.78 is 17.9. The standard InChI is InChI=1S/C25H30N4O5S2/c1-5-9-21(30)28-25-27-17-11-10-16(14-20(17)36-25)26-24(35)29-23(31)15-12-18(32-6-2)22(34-8-4)19(13-15)33-7-3/h10-14H,5-9H2,1-4H3,(H,27,28,30)(H2,26,29,31,35). The van der Waals surface area contributed by atoms with Gasteiger partial charge in [0.1, 0.15) is 0 Å². The molecular weight excluding hydrogens is 500 g/mol. The van der Waals surface area contributed by atoms with E-state index in [0.29, 0.717) is 59.9 Å². The van der Waals surface area contributed by atoms with Gasteiger partial charge in [-0.2, -0.15) is 0 Å². The summed E-state index contributed by atoms with van der Waals surface area (Å²) in [6.07, 6.45) is 1.22. The topological polar surface area (TPSA) is 111 Å². The summed E-state index contributed by atoms with van der Waals surface area (Å²) in [5.74, 6) is 0.825. The number of ether oxygens (including phenoxy) is 3. The molecule has 0 saturated carbocycles. The van der Waals surface area contributed by atoms with E-state index < -0.39 is 5.91 Å². The Bertz CT molecular complexity index is 1220. The van der Waals surface area contributed by atoms with E-state index in [0.717, 1.165) is 16.6 Å². The van der Waals surface area contributed by atoms with Gasteiger partial charge in [-0.1, -0.05) is 18.3 Å². The molecule has 2 aromatic carbocycles. The van der Waals surface area contributed by atoms with Gasteiger partial charge < -0.3 is 24.8 Å². The molecule has 3 aromatic rings. The SMILES string of the molecule is CCCC(=O)Nc1nc2ccc(NC(=S)NC(=O)c3cc(OCC)c(OCC)c(OCC)c3)cc2s1. The molecule has 3 rings (SSSR count). The lowest BCUT2D eigenvalue weighted by Crippen LogP contribution is -2.34. The number of aromatic nitrogens is 1. The fourth-order valence-electron chi connectivity index (χ4n) is 3.32. The number of hydrogen-bond acceptors (Lipinski definition) is 8. The van der Waals surface area contributed by atoms with Crippen LogP contribution in [0, 0.1) is 0 Å². The number of fused-ring (bicyclic) bond motifs is 1. The molecule has 36 heavy (non-hydrogen) atoms. The Morgan fingerprint density at radius 3 is 2.22 bits per heavy atom. The van der Waals surface area contributed by atoms with Gasteiger partial charge in [-0.25, -0.2) is 4.98 Å². The number of carbonyl (C=O) groups is 2. The molecule has 1 heterocycles. The minimum atomic E-state index is -0.419. The molecule has 11 heteroatoms. The molecule has 0 aliphatic carbocycles. The number of nitrogens with one attached hydrogen (secondary N) is 3. The van der Waals surface area contributed by atoms with E-state index in [1.54, 1.807) is 18.2 Å². The number of nitrogens with zero attached hydrogens (tertiary/aromatic N) is 1. The Kier molecular flexibility index (Phi) is 9.83. The fraction of sp³-hybridized carbons (Fsp3) is 0.360. The van der Waals surface area contributed by atoms with Crippen molar-refractivity contribution in [2.24, 2.45) is 0 Å². The average molecular weight is 531 g/mol. The van der Waals surface area contributed by atoms with Gasteiger partial charge in [0.25, 0.3) is 5.91 Å². The molecule has 0 spiro atoms. The van der Waals surface area contributed by atoms with E-state index in [1.807, 2.05) is 39.8 Å². The minimum absolute atomic E-state index is 0.0620. The van der Waals surface area contributed by atoms with Crippen LogP contribution in [0.5, 0.6) is 17.2 Å². The zero-order valence-electron chi connectivity index (χ0n) is 20.7. The molecule has 3 N–H and O–H groups in total. The van der Waals surface area contributed by atoms with Gasteiger partial charge in [-0.05, 0) is 69.7 Å². The largest absolute Gasteiger partial charge is 0.490 e. The molecule has 9 nitrogen and oxygen atoms in total. The summed E-state index contributed by atoms with van der Waals surface area (Å²) in [7, 11) is 0. The Morgan fingerprint density at radius 1 is 0.944 bits per heavy atom. The van der Waals surface area contributed by atoms with E-state index in [4.69, 9.17) is 26.4 Å². The van der Waals surface area contributed by atoms with Crippen LogP contribution in [0.1, 0.15) is 50.9 Å². The normalized spacial score (nSPS) is 10.6. The lowest BCUT2D eigenvalue weighted by Gasteiger charge is -2.17. The Balaban J connectivity index is 1.72. The third kappa shape index (κ3) is 7.05. The molecule has 0 aliphatic rings. The van der Waals surface area contributed by atoms with Crippen molar-refractivity contribution < 1.29 is 23.8 Å². The van der Waals surface area contributed by atoms with Crippen molar-refractivity contribution in [2.45, 2.75) is 40.5 Å². The van der Waals surface area contributed by atoms with Crippen molar-refractivity contribution in [2.75, 3.05) is 30.5 Å². The summed E-state index contributed by atoms with van der Waals surface area (Å²) >= 11 is 6.73. The summed E-state index contributed by atoms with van der Waals surface area (Å²) in [5.41, 5.74) is 1.76. The van der Waals surface area contributed by atoms with Crippen LogP contribution in [0.2, 0.25) is 0 Å². The van der Waals surface area contributed by atoms with Gasteiger partial charge in [0.05, 0.1) is 30.0 Å². The van der Waals surface area contributed by atoms with Crippen molar-refractivity contribution in [1.29, 1.82) is 0 Å². The number of benzene rings is 2. The molecule has 0 aliphatic heterocycles. The van der Waals surface area contributed by atoms with E-state index in [9.17, 15) is 9.59 Å². The average Bonchev–Trinajstić information content (AvgIpc) is 3.22. The van der Waals surface area contributed by atoms with E-state index in [1.165, 1.54) is 11.3 Å². The quantitative estimate of drug-likeness (QED) is 0.284. The molecule has 0 fully saturated rings. The van der Waals surface area contributed by atoms with Crippen LogP contribution in [0.25, 0.3) is 10.2 Å². The first-order valence-corrected chi connectivity index (χ1v) is 13.0. The molecule has 0 bridgehead atoms. The minimum Gasteiger partial charge on any atom is -0.490 e. The maximum Gasteiger partial charge on any atom is 0.257 e. The van der Waals surface area contributed by atoms with Crippen LogP contribution in [0.15, 0.2) is 30.3 Å². The lowest BCUT2D eigenvalue weighted by molar-refractivity contribution is -0.116. The van der Waals surface area contributed by atoms with Crippen LogP contribution >= 0.6 is 23.6 Å². The first-order valence-electron chi connectivity index (χ1n) is 11.8. The number of thiazole rings is 1.